The molecule has 0 aromatic carbocycles. The van der Waals surface area contributed by atoms with Gasteiger partial charge in [-0.1, -0.05) is 229 Å². The first-order valence-corrected chi connectivity index (χ1v) is 30.9. The summed E-state index contributed by atoms with van der Waals surface area (Å²) in [5, 5.41) is 0. The highest BCUT2D eigenvalue weighted by Crippen LogP contribution is 2.43. The molecule has 0 bridgehead atoms. The van der Waals surface area contributed by atoms with Crippen LogP contribution in [-0.4, -0.2) is 74.9 Å². The van der Waals surface area contributed by atoms with Crippen LogP contribution < -0.4 is 0 Å². The molecule has 0 aliphatic rings. The molecule has 0 heterocycles. The summed E-state index contributed by atoms with van der Waals surface area (Å²) in [6, 6.07) is 0. The molecule has 10 heteroatoms. The molecule has 410 valence electrons. The molecule has 1 N–H and O–H groups in total. The summed E-state index contributed by atoms with van der Waals surface area (Å²) in [4.78, 5) is 35.6. The molecular weight excluding hydrogens is 894 g/mol. The van der Waals surface area contributed by atoms with Gasteiger partial charge in [-0.25, -0.2) is 4.57 Å². The zero-order valence-electron chi connectivity index (χ0n) is 46.5. The van der Waals surface area contributed by atoms with E-state index in [9.17, 15) is 19.0 Å². The zero-order valence-corrected chi connectivity index (χ0v) is 47.4. The van der Waals surface area contributed by atoms with Gasteiger partial charge >= 0.3 is 19.8 Å². The molecular formula is C60H113NO8P+. The number of likely N-dealkylation sites (N-methyl/N-ethyl adjacent to an activating group) is 1. The Balaban J connectivity index is 4.01. The third-order valence-electron chi connectivity index (χ3n) is 12.8. The first-order valence-electron chi connectivity index (χ1n) is 29.4. The molecule has 0 aliphatic carbocycles. The molecule has 0 fully saturated rings. The highest BCUT2D eigenvalue weighted by Gasteiger charge is 2.27. The molecule has 2 atom stereocenters. The highest BCUT2D eigenvalue weighted by atomic mass is 31.2. The quantitative estimate of drug-likeness (QED) is 0.0211. The SMILES string of the molecule is CCCCCC/C=C\CCCCCCCC(=O)OCC(COP(=O)(O)OCC[N+](C)(C)C)OC(=O)CCCCCCCCCCCCCCCCCCCC/C=C\C/C=C\C/C=C\CCCCCCC. The number of esters is 2. The Kier molecular flexibility index (Phi) is 50.4. The fourth-order valence-electron chi connectivity index (χ4n) is 8.25. The number of nitrogens with zero attached hydrogens (tertiary/aromatic N) is 1. The summed E-state index contributed by atoms with van der Waals surface area (Å²) in [6.45, 7) is 4.42. The normalized spacial score (nSPS) is 13.6. The van der Waals surface area contributed by atoms with Crippen molar-refractivity contribution in [1.82, 2.24) is 0 Å². The predicted octanol–water partition coefficient (Wildman–Crippen LogP) is 18.1. The number of hydrogen-bond donors (Lipinski definition) is 1. The lowest BCUT2D eigenvalue weighted by Crippen LogP contribution is -2.37. The second-order valence-electron chi connectivity index (χ2n) is 21.0. The van der Waals surface area contributed by atoms with Crippen LogP contribution in [-0.2, 0) is 32.7 Å². The first kappa shape index (κ1) is 68.0. The highest BCUT2D eigenvalue weighted by molar-refractivity contribution is 7.47. The summed E-state index contributed by atoms with van der Waals surface area (Å²) in [5.74, 6) is -0.799. The number of unbranched alkanes of at least 4 members (excludes halogenated alkanes) is 32. The van der Waals surface area contributed by atoms with Crippen LogP contribution in [0.5, 0.6) is 0 Å². The van der Waals surface area contributed by atoms with E-state index in [4.69, 9.17) is 18.5 Å². The minimum Gasteiger partial charge on any atom is -0.462 e. The van der Waals surface area contributed by atoms with Crippen LogP contribution in [0.4, 0.5) is 0 Å². The lowest BCUT2D eigenvalue weighted by molar-refractivity contribution is -0.870. The smallest absolute Gasteiger partial charge is 0.462 e. The van der Waals surface area contributed by atoms with Gasteiger partial charge in [-0.05, 0) is 77.0 Å². The van der Waals surface area contributed by atoms with E-state index in [-0.39, 0.29) is 32.0 Å². The van der Waals surface area contributed by atoms with Gasteiger partial charge in [0.15, 0.2) is 6.10 Å². The van der Waals surface area contributed by atoms with Gasteiger partial charge < -0.3 is 18.9 Å². The number of allylic oxidation sites excluding steroid dienone is 8. The minimum atomic E-state index is -4.38. The Morgan fingerprint density at radius 1 is 0.443 bits per heavy atom. The van der Waals surface area contributed by atoms with Crippen molar-refractivity contribution in [3.8, 4) is 0 Å². The maximum atomic E-state index is 12.8. The fraction of sp³-hybridized carbons (Fsp3) is 0.833. The third-order valence-corrected chi connectivity index (χ3v) is 13.8. The second kappa shape index (κ2) is 51.9. The van der Waals surface area contributed by atoms with Crippen LogP contribution in [0.2, 0.25) is 0 Å². The minimum absolute atomic E-state index is 0.0311. The molecule has 0 amide bonds. The maximum Gasteiger partial charge on any atom is 0.472 e. The van der Waals surface area contributed by atoms with Gasteiger partial charge in [-0.15, -0.1) is 0 Å². The van der Waals surface area contributed by atoms with Crippen LogP contribution in [0.15, 0.2) is 48.6 Å². The van der Waals surface area contributed by atoms with E-state index in [1.54, 1.807) is 0 Å². The van der Waals surface area contributed by atoms with Crippen LogP contribution in [0.25, 0.3) is 0 Å². The molecule has 0 aromatic rings. The Morgan fingerprint density at radius 2 is 0.771 bits per heavy atom. The van der Waals surface area contributed by atoms with Crippen molar-refractivity contribution < 1.29 is 42.1 Å². The molecule has 0 saturated carbocycles. The van der Waals surface area contributed by atoms with Gasteiger partial charge in [0.2, 0.25) is 0 Å². The number of quaternary nitrogens is 1. The second-order valence-corrected chi connectivity index (χ2v) is 22.5. The molecule has 0 aliphatic heterocycles. The standard InChI is InChI=1S/C60H112NO8P/c1-6-8-10-12-14-16-18-20-21-22-23-24-25-26-27-28-29-30-31-32-33-34-35-36-37-38-39-41-43-45-47-49-51-53-60(63)69-58(57-68-70(64,65)67-55-54-61(3,4)5)56-66-59(62)52-50-48-46-44-42-40-19-17-15-13-11-9-7-2/h17-20,22-23,25-26,58H,6-16,21,24,27-57H2,1-5H3/p+1/b19-17-,20-18-,23-22-,26-25-. The number of carbonyl (C=O) groups is 2. The van der Waals surface area contributed by atoms with E-state index in [1.165, 1.54) is 173 Å². The van der Waals surface area contributed by atoms with Crippen molar-refractivity contribution in [2.24, 2.45) is 0 Å². The number of phosphoric ester groups is 1. The van der Waals surface area contributed by atoms with E-state index in [0.717, 1.165) is 64.2 Å². The van der Waals surface area contributed by atoms with Crippen molar-refractivity contribution in [3.05, 3.63) is 48.6 Å². The lowest BCUT2D eigenvalue weighted by Gasteiger charge is -2.24. The van der Waals surface area contributed by atoms with Gasteiger partial charge in [0.05, 0.1) is 27.7 Å². The molecule has 0 rings (SSSR count). The monoisotopic (exact) mass is 1010 g/mol. The van der Waals surface area contributed by atoms with Gasteiger partial charge in [0.25, 0.3) is 0 Å². The van der Waals surface area contributed by atoms with E-state index in [1.807, 2.05) is 21.1 Å². The predicted molar refractivity (Wildman–Crippen MR) is 298 cm³/mol. The summed E-state index contributed by atoms with van der Waals surface area (Å²) in [6.07, 6.45) is 64.8. The topological polar surface area (TPSA) is 108 Å². The first-order chi connectivity index (χ1) is 34.0. The molecule has 0 spiro atoms. The summed E-state index contributed by atoms with van der Waals surface area (Å²) in [5.41, 5.74) is 0. The fourth-order valence-corrected chi connectivity index (χ4v) is 9.00. The number of carbonyl (C=O) groups excluding carboxylic acids is 2. The van der Waals surface area contributed by atoms with Gasteiger partial charge in [0.1, 0.15) is 19.8 Å². The number of phosphoric acid groups is 1. The number of rotatable bonds is 54. The van der Waals surface area contributed by atoms with E-state index in [0.29, 0.717) is 17.4 Å². The van der Waals surface area contributed by atoms with Crippen molar-refractivity contribution in [2.75, 3.05) is 47.5 Å². The molecule has 70 heavy (non-hydrogen) atoms. The maximum absolute atomic E-state index is 12.8. The van der Waals surface area contributed by atoms with Crippen LogP contribution in [0.3, 0.4) is 0 Å². The third kappa shape index (κ3) is 55.3. The molecule has 2 unspecified atom stereocenters. The Labute approximate surface area is 433 Å². The lowest BCUT2D eigenvalue weighted by atomic mass is 10.0. The largest absolute Gasteiger partial charge is 0.472 e. The van der Waals surface area contributed by atoms with E-state index < -0.39 is 26.5 Å². The average Bonchev–Trinajstić information content (AvgIpc) is 3.32. The van der Waals surface area contributed by atoms with Crippen molar-refractivity contribution >= 4 is 19.8 Å². The Morgan fingerprint density at radius 3 is 1.17 bits per heavy atom. The molecule has 0 aromatic heterocycles. The van der Waals surface area contributed by atoms with Gasteiger partial charge in [0, 0.05) is 12.8 Å². The Hall–Kier alpha value is -2.03. The summed E-state index contributed by atoms with van der Waals surface area (Å²) in [7, 11) is 1.48. The van der Waals surface area contributed by atoms with Crippen LogP contribution >= 0.6 is 7.82 Å². The van der Waals surface area contributed by atoms with E-state index in [2.05, 4.69) is 62.5 Å². The zero-order chi connectivity index (χ0) is 51.3. The van der Waals surface area contributed by atoms with Crippen LogP contribution in [0.1, 0.15) is 271 Å². The molecule has 0 saturated heterocycles. The summed E-state index contributed by atoms with van der Waals surface area (Å²) < 4.78 is 34.5. The van der Waals surface area contributed by atoms with Crippen molar-refractivity contribution in [3.63, 3.8) is 0 Å². The van der Waals surface area contributed by atoms with E-state index >= 15 is 0 Å². The van der Waals surface area contributed by atoms with Gasteiger partial charge in [-0.2, -0.15) is 0 Å². The van der Waals surface area contributed by atoms with Crippen LogP contribution in [0, 0.1) is 0 Å². The molecule has 9 nitrogen and oxygen atoms in total. The summed E-state index contributed by atoms with van der Waals surface area (Å²) >= 11 is 0. The van der Waals surface area contributed by atoms with Crippen molar-refractivity contribution in [2.45, 2.75) is 277 Å². The average molecular weight is 1010 g/mol. The van der Waals surface area contributed by atoms with Crippen molar-refractivity contribution in [1.29, 1.82) is 0 Å². The Bertz CT molecular complexity index is 1320. The number of ether oxygens (including phenoxy) is 2. The number of hydrogen-bond acceptors (Lipinski definition) is 7. The molecule has 0 radical (unpaired) electrons. The van der Waals surface area contributed by atoms with Gasteiger partial charge in [-0.3, -0.25) is 18.6 Å².